The minimum Gasteiger partial charge on any atom is -0.480 e. The van der Waals surface area contributed by atoms with Crippen molar-refractivity contribution >= 4 is 23.3 Å². The summed E-state index contributed by atoms with van der Waals surface area (Å²) in [6, 6.07) is 8.68. The number of hydrogen-bond acceptors (Lipinski definition) is 3. The summed E-state index contributed by atoms with van der Waals surface area (Å²) in [6.07, 6.45) is 1.10. The zero-order valence-electron chi connectivity index (χ0n) is 12.6. The molecule has 0 spiro atoms. The average Bonchev–Trinajstić information content (AvgIpc) is 3.06. The van der Waals surface area contributed by atoms with E-state index in [1.807, 2.05) is 35.0 Å². The Morgan fingerprint density at radius 1 is 1.26 bits per heavy atom. The summed E-state index contributed by atoms with van der Waals surface area (Å²) in [5.74, 6) is -1.01. The highest BCUT2D eigenvalue weighted by molar-refractivity contribution is 7.07. The lowest BCUT2D eigenvalue weighted by atomic mass is 10.0. The molecule has 1 aromatic heterocycles. The Bertz CT molecular complexity index is 700. The molecule has 0 saturated carbocycles. The van der Waals surface area contributed by atoms with Crippen LogP contribution in [-0.2, 0) is 24.2 Å². The molecule has 0 fully saturated rings. The van der Waals surface area contributed by atoms with Crippen LogP contribution in [0, 0.1) is 0 Å². The normalized spacial score (nSPS) is 14.9. The Morgan fingerprint density at radius 2 is 2.04 bits per heavy atom. The number of urea groups is 1. The first-order chi connectivity index (χ1) is 11.1. The fourth-order valence-corrected chi connectivity index (χ4v) is 3.44. The maximum absolute atomic E-state index is 12.4. The van der Waals surface area contributed by atoms with Crippen LogP contribution in [0.1, 0.15) is 16.7 Å². The third-order valence-electron chi connectivity index (χ3n) is 4.03. The third-order valence-corrected chi connectivity index (χ3v) is 4.77. The molecular formula is C17H18N2O3S. The van der Waals surface area contributed by atoms with Gasteiger partial charge in [0.15, 0.2) is 0 Å². The number of benzene rings is 1. The molecule has 5 nitrogen and oxygen atoms in total. The second-order valence-electron chi connectivity index (χ2n) is 5.62. The van der Waals surface area contributed by atoms with Crippen molar-refractivity contribution in [3.63, 3.8) is 0 Å². The van der Waals surface area contributed by atoms with Gasteiger partial charge in [0, 0.05) is 19.5 Å². The fourth-order valence-electron chi connectivity index (χ4n) is 2.75. The van der Waals surface area contributed by atoms with Gasteiger partial charge < -0.3 is 15.3 Å². The number of fused-ring (bicyclic) bond motifs is 1. The summed E-state index contributed by atoms with van der Waals surface area (Å²) >= 11 is 1.52. The van der Waals surface area contributed by atoms with Crippen LogP contribution in [0.4, 0.5) is 4.79 Å². The van der Waals surface area contributed by atoms with Crippen molar-refractivity contribution < 1.29 is 14.7 Å². The predicted octanol–water partition coefficient (Wildman–Crippen LogP) is 2.51. The maximum Gasteiger partial charge on any atom is 0.326 e. The average molecular weight is 330 g/mol. The molecule has 2 heterocycles. The van der Waals surface area contributed by atoms with Gasteiger partial charge in [-0.15, -0.1) is 0 Å². The van der Waals surface area contributed by atoms with E-state index in [1.165, 1.54) is 16.9 Å². The first-order valence-corrected chi connectivity index (χ1v) is 8.44. The van der Waals surface area contributed by atoms with Crippen molar-refractivity contribution in [2.75, 3.05) is 6.54 Å². The molecule has 2 N–H and O–H groups in total. The second kappa shape index (κ2) is 6.83. The number of carboxylic acids is 1. The lowest BCUT2D eigenvalue weighted by Crippen LogP contribution is -2.50. The molecule has 6 heteroatoms. The molecular weight excluding hydrogens is 312 g/mol. The lowest BCUT2D eigenvalue weighted by molar-refractivity contribution is -0.139. The van der Waals surface area contributed by atoms with E-state index in [0.29, 0.717) is 19.5 Å². The molecule has 1 atom stereocenters. The lowest BCUT2D eigenvalue weighted by Gasteiger charge is -2.30. The summed E-state index contributed by atoms with van der Waals surface area (Å²) in [6.45, 7) is 1.13. The predicted molar refractivity (Wildman–Crippen MR) is 88.5 cm³/mol. The molecule has 1 unspecified atom stereocenters. The Labute approximate surface area is 138 Å². The highest BCUT2D eigenvalue weighted by Crippen LogP contribution is 2.18. The number of amides is 2. The zero-order valence-corrected chi connectivity index (χ0v) is 13.4. The Balaban J connectivity index is 1.64. The molecule has 0 aliphatic carbocycles. The smallest absolute Gasteiger partial charge is 0.326 e. The van der Waals surface area contributed by atoms with Gasteiger partial charge in [0.25, 0.3) is 0 Å². The number of hydrogen-bond donors (Lipinski definition) is 2. The zero-order chi connectivity index (χ0) is 16.2. The van der Waals surface area contributed by atoms with Crippen molar-refractivity contribution in [2.24, 2.45) is 0 Å². The Hall–Kier alpha value is -2.34. The monoisotopic (exact) mass is 330 g/mol. The van der Waals surface area contributed by atoms with Crippen LogP contribution in [0.3, 0.4) is 0 Å². The number of rotatable bonds is 4. The van der Waals surface area contributed by atoms with E-state index in [4.69, 9.17) is 0 Å². The topological polar surface area (TPSA) is 69.6 Å². The van der Waals surface area contributed by atoms with Crippen LogP contribution in [0.5, 0.6) is 0 Å². The minimum absolute atomic E-state index is 0.301. The van der Waals surface area contributed by atoms with E-state index in [2.05, 4.69) is 11.4 Å². The summed E-state index contributed by atoms with van der Waals surface area (Å²) in [7, 11) is 0. The van der Waals surface area contributed by atoms with E-state index in [1.54, 1.807) is 4.90 Å². The molecule has 0 saturated heterocycles. The molecule has 2 amide bonds. The fraction of sp³-hybridized carbons (Fsp3) is 0.294. The van der Waals surface area contributed by atoms with E-state index in [9.17, 15) is 14.7 Å². The molecule has 1 aliphatic heterocycles. The van der Waals surface area contributed by atoms with E-state index >= 15 is 0 Å². The van der Waals surface area contributed by atoms with Gasteiger partial charge in [-0.1, -0.05) is 24.3 Å². The number of nitrogens with one attached hydrogen (secondary N) is 1. The van der Waals surface area contributed by atoms with E-state index in [0.717, 1.165) is 17.5 Å². The molecule has 2 aromatic rings. The van der Waals surface area contributed by atoms with Gasteiger partial charge in [-0.3, -0.25) is 0 Å². The largest absolute Gasteiger partial charge is 0.480 e. The quantitative estimate of drug-likeness (QED) is 0.905. The van der Waals surface area contributed by atoms with E-state index < -0.39 is 12.0 Å². The summed E-state index contributed by atoms with van der Waals surface area (Å²) in [4.78, 5) is 25.5. The van der Waals surface area contributed by atoms with Crippen molar-refractivity contribution in [1.82, 2.24) is 10.2 Å². The van der Waals surface area contributed by atoms with Gasteiger partial charge >= 0.3 is 12.0 Å². The highest BCUT2D eigenvalue weighted by atomic mass is 32.1. The van der Waals surface area contributed by atoms with Gasteiger partial charge in [0.2, 0.25) is 0 Å². The second-order valence-corrected chi connectivity index (χ2v) is 6.40. The Morgan fingerprint density at radius 3 is 2.74 bits per heavy atom. The summed E-state index contributed by atoms with van der Waals surface area (Å²) in [5.41, 5.74) is 3.30. The van der Waals surface area contributed by atoms with Gasteiger partial charge in [-0.2, -0.15) is 11.3 Å². The van der Waals surface area contributed by atoms with E-state index in [-0.39, 0.29) is 6.03 Å². The number of nitrogens with zero attached hydrogens (tertiary/aromatic N) is 1. The summed E-state index contributed by atoms with van der Waals surface area (Å²) < 4.78 is 0. The maximum atomic E-state index is 12.4. The molecule has 0 radical (unpaired) electrons. The Kier molecular flexibility index (Phi) is 4.62. The number of carbonyl (C=O) groups excluding carboxylic acids is 1. The SMILES string of the molecule is O=C(O)C(Cc1ccsc1)NC(=O)N1CCc2ccccc2C1. The first kappa shape index (κ1) is 15.6. The molecule has 1 aromatic carbocycles. The van der Waals surface area contributed by atoms with Crippen molar-refractivity contribution in [2.45, 2.75) is 25.4 Å². The van der Waals surface area contributed by atoms with Crippen molar-refractivity contribution in [3.8, 4) is 0 Å². The number of carbonyl (C=O) groups is 2. The number of aliphatic carboxylic acids is 1. The molecule has 23 heavy (non-hydrogen) atoms. The van der Waals surface area contributed by atoms with Crippen LogP contribution in [0.25, 0.3) is 0 Å². The third kappa shape index (κ3) is 3.71. The number of carboxylic acid groups (broad SMARTS) is 1. The molecule has 0 bridgehead atoms. The van der Waals surface area contributed by atoms with Gasteiger partial charge in [-0.05, 0) is 39.9 Å². The van der Waals surface area contributed by atoms with Crippen molar-refractivity contribution in [1.29, 1.82) is 0 Å². The number of thiophene rings is 1. The van der Waals surface area contributed by atoms with Gasteiger partial charge in [0.05, 0.1) is 0 Å². The highest BCUT2D eigenvalue weighted by Gasteiger charge is 2.25. The van der Waals surface area contributed by atoms with Crippen LogP contribution >= 0.6 is 11.3 Å². The molecule has 1 aliphatic rings. The minimum atomic E-state index is -1.01. The van der Waals surface area contributed by atoms with Crippen LogP contribution in [0.2, 0.25) is 0 Å². The first-order valence-electron chi connectivity index (χ1n) is 7.49. The molecule has 3 rings (SSSR count). The molecule has 120 valence electrons. The van der Waals surface area contributed by atoms with Crippen LogP contribution in [0.15, 0.2) is 41.1 Å². The van der Waals surface area contributed by atoms with Gasteiger partial charge in [-0.25, -0.2) is 9.59 Å². The van der Waals surface area contributed by atoms with Crippen LogP contribution < -0.4 is 5.32 Å². The van der Waals surface area contributed by atoms with Crippen LogP contribution in [-0.4, -0.2) is 34.6 Å². The summed E-state index contributed by atoms with van der Waals surface area (Å²) in [5, 5.41) is 15.8. The van der Waals surface area contributed by atoms with Gasteiger partial charge in [0.1, 0.15) is 6.04 Å². The van der Waals surface area contributed by atoms with Crippen molar-refractivity contribution in [3.05, 3.63) is 57.8 Å². The standard InChI is InChI=1S/C17H18N2O3S/c20-16(21)15(9-12-6-8-23-11-12)18-17(22)19-7-5-13-3-1-2-4-14(13)10-19/h1-4,6,8,11,15H,5,7,9-10H2,(H,18,22)(H,20,21).